The van der Waals surface area contributed by atoms with Crippen LogP contribution >= 0.6 is 0 Å². The Kier molecular flexibility index (Phi) is 4.71. The van der Waals surface area contributed by atoms with Gasteiger partial charge in [0.2, 0.25) is 0 Å². The van der Waals surface area contributed by atoms with Crippen molar-refractivity contribution in [2.45, 2.75) is 44.8 Å². The number of aromatic nitrogens is 2. The normalized spacial score (nSPS) is 22.6. The van der Waals surface area contributed by atoms with E-state index in [9.17, 15) is 5.11 Å². The van der Waals surface area contributed by atoms with Gasteiger partial charge in [-0.25, -0.2) is 9.97 Å². The van der Waals surface area contributed by atoms with E-state index in [1.807, 2.05) is 6.07 Å². The summed E-state index contributed by atoms with van der Waals surface area (Å²) < 4.78 is 0. The average molecular weight is 264 g/mol. The molecule has 1 heterocycles. The molecule has 1 fully saturated rings. The minimum atomic E-state index is -0.143. The molecule has 2 rings (SSSR count). The van der Waals surface area contributed by atoms with Gasteiger partial charge in [-0.3, -0.25) is 0 Å². The van der Waals surface area contributed by atoms with Gasteiger partial charge in [-0.1, -0.05) is 0 Å². The molecule has 0 radical (unpaired) electrons. The van der Waals surface area contributed by atoms with E-state index in [4.69, 9.17) is 0 Å². The van der Waals surface area contributed by atoms with Crippen LogP contribution in [0.25, 0.3) is 0 Å². The number of likely N-dealkylation sites (N-methyl/N-ethyl adjacent to an activating group) is 1. The first-order valence-corrected chi connectivity index (χ1v) is 7.00. The molecule has 1 saturated carbocycles. The van der Waals surface area contributed by atoms with Crippen LogP contribution in [0.4, 0.5) is 5.82 Å². The van der Waals surface area contributed by atoms with E-state index in [1.165, 1.54) is 0 Å². The molecule has 1 aromatic rings. The van der Waals surface area contributed by atoms with E-state index in [2.05, 4.69) is 41.1 Å². The fourth-order valence-corrected chi connectivity index (χ4v) is 2.14. The van der Waals surface area contributed by atoms with Crippen molar-refractivity contribution in [2.75, 3.05) is 25.5 Å². The number of hydrogen-bond donors (Lipinski definition) is 2. The maximum atomic E-state index is 9.34. The molecule has 0 bridgehead atoms. The van der Waals surface area contributed by atoms with Gasteiger partial charge in [0.15, 0.2) is 0 Å². The summed E-state index contributed by atoms with van der Waals surface area (Å²) in [5.41, 5.74) is 1.04. The van der Waals surface area contributed by atoms with Gasteiger partial charge >= 0.3 is 0 Å². The van der Waals surface area contributed by atoms with E-state index < -0.39 is 0 Å². The van der Waals surface area contributed by atoms with Crippen molar-refractivity contribution in [2.24, 2.45) is 0 Å². The Morgan fingerprint density at radius 1 is 1.42 bits per heavy atom. The van der Waals surface area contributed by atoms with Gasteiger partial charge in [-0.2, -0.15) is 0 Å². The van der Waals surface area contributed by atoms with Crippen molar-refractivity contribution in [3.05, 3.63) is 18.1 Å². The minimum Gasteiger partial charge on any atom is -0.393 e. The number of hydrogen-bond acceptors (Lipinski definition) is 5. The molecule has 1 aliphatic rings. The second-order valence-electron chi connectivity index (χ2n) is 5.65. The second-order valence-corrected chi connectivity index (χ2v) is 5.65. The molecule has 0 unspecified atom stereocenters. The average Bonchev–Trinajstić information content (AvgIpc) is 2.35. The van der Waals surface area contributed by atoms with Gasteiger partial charge in [-0.15, -0.1) is 0 Å². The van der Waals surface area contributed by atoms with Crippen molar-refractivity contribution >= 4 is 5.82 Å². The Labute approximate surface area is 115 Å². The van der Waals surface area contributed by atoms with Crippen molar-refractivity contribution in [1.82, 2.24) is 14.9 Å². The maximum Gasteiger partial charge on any atom is 0.129 e. The highest BCUT2D eigenvalue weighted by atomic mass is 16.3. The molecule has 5 nitrogen and oxygen atoms in total. The standard InChI is InChI=1S/C14H24N4O/c1-10(2)18(3)5-4-15-14-8-13(16-9-17-14)11-6-12(19)7-11/h8-12,19H,4-7H2,1-3H3,(H,15,16,17). The van der Waals surface area contributed by atoms with Crippen LogP contribution in [0.2, 0.25) is 0 Å². The molecule has 2 N–H and O–H groups in total. The van der Waals surface area contributed by atoms with Gasteiger partial charge < -0.3 is 15.3 Å². The maximum absolute atomic E-state index is 9.34. The highest BCUT2D eigenvalue weighted by molar-refractivity contribution is 5.36. The Balaban J connectivity index is 1.82. The number of rotatable bonds is 6. The molecule has 0 saturated heterocycles. The van der Waals surface area contributed by atoms with Crippen LogP contribution < -0.4 is 5.32 Å². The number of aliphatic hydroxyl groups is 1. The third-order valence-corrected chi connectivity index (χ3v) is 3.87. The minimum absolute atomic E-state index is 0.143. The van der Waals surface area contributed by atoms with Gasteiger partial charge in [0.1, 0.15) is 12.1 Å². The molecule has 0 spiro atoms. The van der Waals surface area contributed by atoms with Crippen LogP contribution in [0.5, 0.6) is 0 Å². The van der Waals surface area contributed by atoms with Crippen molar-refractivity contribution in [3.8, 4) is 0 Å². The first-order chi connectivity index (χ1) is 9.06. The number of anilines is 1. The molecule has 19 heavy (non-hydrogen) atoms. The lowest BCUT2D eigenvalue weighted by atomic mass is 9.80. The number of nitrogens with zero attached hydrogens (tertiary/aromatic N) is 3. The van der Waals surface area contributed by atoms with Crippen molar-refractivity contribution < 1.29 is 5.11 Å². The lowest BCUT2D eigenvalue weighted by Gasteiger charge is -2.30. The molecular weight excluding hydrogens is 240 g/mol. The zero-order valence-corrected chi connectivity index (χ0v) is 12.0. The summed E-state index contributed by atoms with van der Waals surface area (Å²) in [4.78, 5) is 10.8. The van der Waals surface area contributed by atoms with Crippen LogP contribution in [0.3, 0.4) is 0 Å². The topological polar surface area (TPSA) is 61.3 Å². The monoisotopic (exact) mass is 264 g/mol. The zero-order chi connectivity index (χ0) is 13.8. The largest absolute Gasteiger partial charge is 0.393 e. The summed E-state index contributed by atoms with van der Waals surface area (Å²) in [7, 11) is 2.12. The zero-order valence-electron chi connectivity index (χ0n) is 12.0. The molecular formula is C14H24N4O. The van der Waals surface area contributed by atoms with Crippen LogP contribution in [-0.4, -0.2) is 52.3 Å². The molecule has 1 aromatic heterocycles. The van der Waals surface area contributed by atoms with Crippen molar-refractivity contribution in [1.29, 1.82) is 0 Å². The molecule has 1 aliphatic carbocycles. The van der Waals surface area contributed by atoms with Gasteiger partial charge in [0.25, 0.3) is 0 Å². The molecule has 0 aromatic carbocycles. The number of aliphatic hydroxyl groups excluding tert-OH is 1. The fourth-order valence-electron chi connectivity index (χ4n) is 2.14. The highest BCUT2D eigenvalue weighted by Crippen LogP contribution is 2.35. The third-order valence-electron chi connectivity index (χ3n) is 3.87. The molecule has 0 atom stereocenters. The quantitative estimate of drug-likeness (QED) is 0.814. The summed E-state index contributed by atoms with van der Waals surface area (Å²) in [6.07, 6.45) is 3.12. The Bertz CT molecular complexity index is 404. The summed E-state index contributed by atoms with van der Waals surface area (Å²) in [5, 5.41) is 12.7. The Morgan fingerprint density at radius 3 is 2.79 bits per heavy atom. The molecule has 5 heteroatoms. The highest BCUT2D eigenvalue weighted by Gasteiger charge is 2.29. The lowest BCUT2D eigenvalue weighted by molar-refractivity contribution is 0.0732. The SMILES string of the molecule is CC(C)N(C)CCNc1cc(C2CC(O)C2)ncn1. The van der Waals surface area contributed by atoms with Crippen LogP contribution in [0.1, 0.15) is 38.3 Å². The summed E-state index contributed by atoms with van der Waals surface area (Å²) in [6, 6.07) is 2.56. The van der Waals surface area contributed by atoms with E-state index in [0.29, 0.717) is 12.0 Å². The van der Waals surface area contributed by atoms with Gasteiger partial charge in [0.05, 0.1) is 6.10 Å². The van der Waals surface area contributed by atoms with Crippen LogP contribution in [0.15, 0.2) is 12.4 Å². The Hall–Kier alpha value is -1.20. The van der Waals surface area contributed by atoms with E-state index in [-0.39, 0.29) is 6.10 Å². The summed E-state index contributed by atoms with van der Waals surface area (Å²) >= 11 is 0. The van der Waals surface area contributed by atoms with Crippen LogP contribution in [-0.2, 0) is 0 Å². The van der Waals surface area contributed by atoms with Crippen molar-refractivity contribution in [3.63, 3.8) is 0 Å². The van der Waals surface area contributed by atoms with Crippen LogP contribution in [0, 0.1) is 0 Å². The molecule has 0 amide bonds. The van der Waals surface area contributed by atoms with E-state index >= 15 is 0 Å². The summed E-state index contributed by atoms with van der Waals surface area (Å²) in [5.74, 6) is 1.28. The fraction of sp³-hybridized carbons (Fsp3) is 0.714. The summed E-state index contributed by atoms with van der Waals surface area (Å²) in [6.45, 7) is 6.23. The predicted molar refractivity (Wildman–Crippen MR) is 76.3 cm³/mol. The molecule has 0 aliphatic heterocycles. The predicted octanol–water partition coefficient (Wildman–Crippen LogP) is 1.47. The molecule has 106 valence electrons. The van der Waals surface area contributed by atoms with Gasteiger partial charge in [0, 0.05) is 36.8 Å². The van der Waals surface area contributed by atoms with E-state index in [0.717, 1.165) is 37.4 Å². The Morgan fingerprint density at radius 2 is 2.16 bits per heavy atom. The van der Waals surface area contributed by atoms with Gasteiger partial charge in [-0.05, 0) is 33.7 Å². The first kappa shape index (κ1) is 14.2. The smallest absolute Gasteiger partial charge is 0.129 e. The van der Waals surface area contributed by atoms with E-state index in [1.54, 1.807) is 6.33 Å². The second kappa shape index (κ2) is 6.30. The first-order valence-electron chi connectivity index (χ1n) is 7.00. The lowest BCUT2D eigenvalue weighted by Crippen LogP contribution is -2.31. The third kappa shape index (κ3) is 3.88. The number of nitrogens with one attached hydrogen (secondary N) is 1.